The molecule has 0 aliphatic carbocycles. The fourth-order valence-electron chi connectivity index (χ4n) is 0.457. The molecular weight excluding hydrogens is 211 g/mol. The molecule has 68 valence electrons. The molecule has 4 nitrogen and oxygen atoms in total. The van der Waals surface area contributed by atoms with Crippen molar-refractivity contribution in [3.8, 4) is 0 Å². The Morgan fingerprint density at radius 3 is 2.33 bits per heavy atom. The molecule has 0 aromatic rings. The third kappa shape index (κ3) is 13.5. The van der Waals surface area contributed by atoms with E-state index in [0.717, 1.165) is 11.8 Å². The van der Waals surface area contributed by atoms with Gasteiger partial charge >= 0.3 is 29.6 Å². The SMILES string of the molecule is CC(=O)SCCCS(=O)(=O)O.[NaH]. The first-order chi connectivity index (χ1) is 4.92. The van der Waals surface area contributed by atoms with E-state index in [0.29, 0.717) is 12.2 Å². The average molecular weight is 222 g/mol. The molecule has 0 unspecified atom stereocenters. The van der Waals surface area contributed by atoms with Gasteiger partial charge in [-0.3, -0.25) is 9.35 Å². The van der Waals surface area contributed by atoms with E-state index in [1.807, 2.05) is 0 Å². The van der Waals surface area contributed by atoms with Crippen LogP contribution in [0.2, 0.25) is 0 Å². The summed E-state index contributed by atoms with van der Waals surface area (Å²) in [6, 6.07) is 0. The van der Waals surface area contributed by atoms with Crippen LogP contribution in [0.5, 0.6) is 0 Å². The van der Waals surface area contributed by atoms with Gasteiger partial charge in [-0.15, -0.1) is 0 Å². The molecule has 0 heterocycles. The fraction of sp³-hybridized carbons (Fsp3) is 0.800. The summed E-state index contributed by atoms with van der Waals surface area (Å²) in [7, 11) is -3.85. The van der Waals surface area contributed by atoms with Gasteiger partial charge in [0, 0.05) is 12.7 Å². The van der Waals surface area contributed by atoms with Crippen LogP contribution in [0.3, 0.4) is 0 Å². The fourth-order valence-corrected chi connectivity index (χ4v) is 1.73. The number of rotatable bonds is 4. The molecule has 0 bridgehead atoms. The zero-order valence-electron chi connectivity index (χ0n) is 6.11. The summed E-state index contributed by atoms with van der Waals surface area (Å²) < 4.78 is 28.5. The van der Waals surface area contributed by atoms with E-state index in [-0.39, 0.29) is 40.4 Å². The molecule has 0 atom stereocenters. The molecular formula is C5H11NaO4S2. The van der Waals surface area contributed by atoms with Gasteiger partial charge in [0.2, 0.25) is 0 Å². The standard InChI is InChI=1S/C5H10O4S2.Na.H/c1-5(6)10-3-2-4-11(7,8)9;;/h2-4H2,1H3,(H,7,8,9);;. The molecule has 0 amide bonds. The molecule has 12 heavy (non-hydrogen) atoms. The second-order valence-electron chi connectivity index (χ2n) is 1.98. The first-order valence-corrected chi connectivity index (χ1v) is 5.60. The second kappa shape index (κ2) is 7.34. The van der Waals surface area contributed by atoms with Crippen molar-refractivity contribution in [1.82, 2.24) is 0 Å². The van der Waals surface area contributed by atoms with Crippen molar-refractivity contribution in [1.29, 1.82) is 0 Å². The van der Waals surface area contributed by atoms with Crippen molar-refractivity contribution in [3.63, 3.8) is 0 Å². The van der Waals surface area contributed by atoms with Crippen molar-refractivity contribution >= 4 is 56.6 Å². The van der Waals surface area contributed by atoms with E-state index in [2.05, 4.69) is 0 Å². The van der Waals surface area contributed by atoms with E-state index in [4.69, 9.17) is 4.55 Å². The molecule has 0 fully saturated rings. The quantitative estimate of drug-likeness (QED) is 0.408. The predicted octanol–water partition coefficient (Wildman–Crippen LogP) is -0.105. The predicted molar refractivity (Wildman–Crippen MR) is 51.3 cm³/mol. The van der Waals surface area contributed by atoms with E-state index in [9.17, 15) is 13.2 Å². The van der Waals surface area contributed by atoms with Crippen molar-refractivity contribution in [2.75, 3.05) is 11.5 Å². The topological polar surface area (TPSA) is 71.4 Å². The van der Waals surface area contributed by atoms with Gasteiger partial charge in [0.05, 0.1) is 5.75 Å². The molecule has 7 heteroatoms. The van der Waals surface area contributed by atoms with Gasteiger partial charge in [-0.25, -0.2) is 0 Å². The summed E-state index contributed by atoms with van der Waals surface area (Å²) in [4.78, 5) is 10.3. The van der Waals surface area contributed by atoms with Crippen LogP contribution < -0.4 is 0 Å². The summed E-state index contributed by atoms with van der Waals surface area (Å²) >= 11 is 1.06. The minimum absolute atomic E-state index is 0. The maximum atomic E-state index is 10.3. The van der Waals surface area contributed by atoms with Gasteiger partial charge in [-0.05, 0) is 6.42 Å². The first-order valence-electron chi connectivity index (χ1n) is 3.00. The molecule has 0 rings (SSSR count). The molecule has 0 radical (unpaired) electrons. The Labute approximate surface area is 98.5 Å². The number of carbonyl (C=O) groups is 1. The van der Waals surface area contributed by atoms with Crippen LogP contribution in [-0.2, 0) is 14.9 Å². The first kappa shape index (κ1) is 15.4. The number of thioether (sulfide) groups is 1. The van der Waals surface area contributed by atoms with Crippen molar-refractivity contribution < 1.29 is 17.8 Å². The number of hydrogen-bond donors (Lipinski definition) is 1. The van der Waals surface area contributed by atoms with E-state index >= 15 is 0 Å². The van der Waals surface area contributed by atoms with E-state index in [1.54, 1.807) is 0 Å². The summed E-state index contributed by atoms with van der Waals surface area (Å²) in [5.74, 6) is 0.169. The van der Waals surface area contributed by atoms with E-state index in [1.165, 1.54) is 6.92 Å². The summed E-state index contributed by atoms with van der Waals surface area (Å²) in [5.41, 5.74) is 0. The van der Waals surface area contributed by atoms with Crippen LogP contribution in [0.1, 0.15) is 13.3 Å². The van der Waals surface area contributed by atoms with Gasteiger partial charge in [-0.2, -0.15) is 8.42 Å². The Bertz CT molecular complexity index is 224. The molecule has 0 saturated carbocycles. The normalized spacial score (nSPS) is 10.5. The Hall–Kier alpha value is 0.930. The van der Waals surface area contributed by atoms with Gasteiger partial charge in [0.15, 0.2) is 5.12 Å². The molecule has 0 spiro atoms. The third-order valence-electron chi connectivity index (χ3n) is 0.852. The van der Waals surface area contributed by atoms with Crippen LogP contribution in [-0.4, -0.2) is 59.1 Å². The number of hydrogen-bond acceptors (Lipinski definition) is 4. The molecule has 0 aliphatic rings. The van der Waals surface area contributed by atoms with Crippen LogP contribution >= 0.6 is 11.8 Å². The molecule has 0 saturated heterocycles. The second-order valence-corrected chi connectivity index (χ2v) is 4.82. The third-order valence-corrected chi connectivity index (χ3v) is 2.56. The van der Waals surface area contributed by atoms with Crippen LogP contribution in [0, 0.1) is 0 Å². The Balaban J connectivity index is 0. The Morgan fingerprint density at radius 1 is 1.50 bits per heavy atom. The van der Waals surface area contributed by atoms with Gasteiger partial charge in [0.1, 0.15) is 0 Å². The molecule has 0 aromatic heterocycles. The summed E-state index contributed by atoms with van der Waals surface area (Å²) in [6.45, 7) is 1.41. The monoisotopic (exact) mass is 222 g/mol. The Kier molecular flexibility index (Phi) is 9.43. The van der Waals surface area contributed by atoms with Crippen LogP contribution in [0.15, 0.2) is 0 Å². The molecule has 0 aromatic carbocycles. The maximum absolute atomic E-state index is 10.3. The van der Waals surface area contributed by atoms with Crippen molar-refractivity contribution in [2.45, 2.75) is 13.3 Å². The van der Waals surface area contributed by atoms with Gasteiger partial charge < -0.3 is 0 Å². The summed E-state index contributed by atoms with van der Waals surface area (Å²) in [5, 5.41) is -0.0414. The number of carbonyl (C=O) groups excluding carboxylic acids is 1. The molecule has 0 aliphatic heterocycles. The minimum atomic E-state index is -3.85. The van der Waals surface area contributed by atoms with E-state index < -0.39 is 10.1 Å². The Morgan fingerprint density at radius 2 is 2.00 bits per heavy atom. The van der Waals surface area contributed by atoms with Gasteiger partial charge in [-0.1, -0.05) is 11.8 Å². The van der Waals surface area contributed by atoms with Crippen molar-refractivity contribution in [2.24, 2.45) is 0 Å². The van der Waals surface area contributed by atoms with Gasteiger partial charge in [0.25, 0.3) is 10.1 Å². The zero-order chi connectivity index (χ0) is 8.91. The zero-order valence-corrected chi connectivity index (χ0v) is 7.74. The molecule has 1 N–H and O–H groups in total. The summed E-state index contributed by atoms with van der Waals surface area (Å²) in [6.07, 6.45) is 0.309. The van der Waals surface area contributed by atoms with Crippen LogP contribution in [0.25, 0.3) is 0 Å². The average Bonchev–Trinajstić information content (AvgIpc) is 1.78. The van der Waals surface area contributed by atoms with Crippen molar-refractivity contribution in [3.05, 3.63) is 0 Å². The van der Waals surface area contributed by atoms with Crippen LogP contribution in [0.4, 0.5) is 0 Å².